The predicted molar refractivity (Wildman–Crippen MR) is 98.6 cm³/mol. The van der Waals surface area contributed by atoms with Crippen molar-refractivity contribution in [2.75, 3.05) is 12.3 Å². The minimum Gasteiger partial charge on any atom is -0.355 e. The summed E-state index contributed by atoms with van der Waals surface area (Å²) in [6.45, 7) is 5.07. The van der Waals surface area contributed by atoms with Gasteiger partial charge in [-0.25, -0.2) is 0 Å². The predicted octanol–water partition coefficient (Wildman–Crippen LogP) is 3.52. The van der Waals surface area contributed by atoms with E-state index in [0.717, 1.165) is 30.4 Å². The Hall–Kier alpha value is -1.34. The Balaban J connectivity index is 1.57. The lowest BCUT2D eigenvalue weighted by molar-refractivity contribution is -0.118. The molecule has 0 spiro atoms. The number of thiophene rings is 1. The van der Waals surface area contributed by atoms with Crippen molar-refractivity contribution in [2.24, 2.45) is 5.92 Å². The van der Waals surface area contributed by atoms with Crippen molar-refractivity contribution in [3.8, 4) is 0 Å². The van der Waals surface area contributed by atoms with Crippen LogP contribution >= 0.6 is 23.1 Å². The van der Waals surface area contributed by atoms with Gasteiger partial charge in [-0.1, -0.05) is 31.7 Å². The molecule has 1 aliphatic rings. The Labute approximate surface area is 151 Å². The average molecular weight is 365 g/mol. The maximum atomic E-state index is 12.0. The minimum absolute atomic E-state index is 0.0748. The van der Waals surface area contributed by atoms with Gasteiger partial charge < -0.3 is 9.88 Å². The molecular weight excluding hydrogens is 340 g/mol. The van der Waals surface area contributed by atoms with Crippen molar-refractivity contribution in [2.45, 2.75) is 50.7 Å². The molecule has 1 amide bonds. The third-order valence-corrected chi connectivity index (χ3v) is 5.76. The van der Waals surface area contributed by atoms with Crippen LogP contribution in [0.4, 0.5) is 0 Å². The van der Waals surface area contributed by atoms with Crippen molar-refractivity contribution in [3.05, 3.63) is 28.2 Å². The van der Waals surface area contributed by atoms with Gasteiger partial charge in [0.1, 0.15) is 5.82 Å². The number of carbonyl (C=O) groups is 1. The molecule has 1 saturated carbocycles. The Morgan fingerprint density at radius 3 is 2.96 bits per heavy atom. The van der Waals surface area contributed by atoms with E-state index in [9.17, 15) is 4.79 Å². The van der Waals surface area contributed by atoms with Gasteiger partial charge in [0, 0.05) is 23.9 Å². The third-order valence-electron chi connectivity index (χ3n) is 3.94. The number of nitrogens with one attached hydrogen (secondary N) is 1. The van der Waals surface area contributed by atoms with Crippen LogP contribution < -0.4 is 5.32 Å². The van der Waals surface area contributed by atoms with E-state index in [1.165, 1.54) is 29.5 Å². The van der Waals surface area contributed by atoms with Crippen LogP contribution in [-0.4, -0.2) is 33.0 Å². The zero-order valence-electron chi connectivity index (χ0n) is 14.2. The van der Waals surface area contributed by atoms with Crippen LogP contribution in [0, 0.1) is 5.92 Å². The summed E-state index contributed by atoms with van der Waals surface area (Å²) in [6.07, 6.45) is 4.20. The third kappa shape index (κ3) is 4.83. The molecule has 1 aliphatic carbocycles. The summed E-state index contributed by atoms with van der Waals surface area (Å²) in [5.41, 5.74) is 0. The lowest BCUT2D eigenvalue weighted by atomic mass is 10.1. The summed E-state index contributed by atoms with van der Waals surface area (Å²) < 4.78 is 2.24. The monoisotopic (exact) mass is 364 g/mol. The minimum atomic E-state index is 0.0748. The molecule has 0 aromatic carbocycles. The maximum Gasteiger partial charge on any atom is 0.230 e. The van der Waals surface area contributed by atoms with E-state index < -0.39 is 0 Å². The summed E-state index contributed by atoms with van der Waals surface area (Å²) in [6, 6.07) is 4.71. The van der Waals surface area contributed by atoms with Crippen LogP contribution in [0.2, 0.25) is 0 Å². The molecule has 7 heteroatoms. The van der Waals surface area contributed by atoms with Crippen LogP contribution in [0.1, 0.15) is 49.9 Å². The summed E-state index contributed by atoms with van der Waals surface area (Å²) >= 11 is 3.24. The van der Waals surface area contributed by atoms with Crippen LogP contribution in [0.5, 0.6) is 0 Å². The molecule has 24 heavy (non-hydrogen) atoms. The summed E-state index contributed by atoms with van der Waals surface area (Å²) in [7, 11) is 0. The highest BCUT2D eigenvalue weighted by molar-refractivity contribution is 7.99. The highest BCUT2D eigenvalue weighted by atomic mass is 32.2. The first-order valence-electron chi connectivity index (χ1n) is 8.49. The quantitative estimate of drug-likeness (QED) is 0.692. The molecule has 0 aliphatic heterocycles. The Kier molecular flexibility index (Phi) is 5.94. The van der Waals surface area contributed by atoms with Gasteiger partial charge in [0.15, 0.2) is 5.16 Å². The molecular formula is C17H24N4OS2. The normalized spacial score (nSPS) is 14.3. The van der Waals surface area contributed by atoms with Gasteiger partial charge >= 0.3 is 0 Å². The van der Waals surface area contributed by atoms with Gasteiger partial charge in [-0.05, 0) is 36.6 Å². The molecule has 130 valence electrons. The van der Waals surface area contributed by atoms with E-state index in [1.807, 2.05) is 0 Å². The fourth-order valence-corrected chi connectivity index (χ4v) is 4.03. The van der Waals surface area contributed by atoms with Crippen molar-refractivity contribution in [3.63, 3.8) is 0 Å². The Morgan fingerprint density at radius 2 is 2.29 bits per heavy atom. The summed E-state index contributed by atoms with van der Waals surface area (Å²) in [4.78, 5) is 13.3. The molecule has 0 bridgehead atoms. The number of carbonyl (C=O) groups excluding carboxylic acids is 1. The second-order valence-electron chi connectivity index (χ2n) is 6.58. The zero-order chi connectivity index (χ0) is 16.9. The number of hydrogen-bond donors (Lipinski definition) is 1. The zero-order valence-corrected chi connectivity index (χ0v) is 15.8. The standard InChI is InChI=1S/C17H24N4OS2/c1-12(2)7-8-18-16(22)11-24-17-20-19-15(21(17)13-5-6-13)10-14-4-3-9-23-14/h3-4,9,12-13H,5-8,10-11H2,1-2H3,(H,18,22). The van der Waals surface area contributed by atoms with Crippen LogP contribution in [0.15, 0.2) is 22.7 Å². The molecule has 2 aromatic rings. The molecule has 0 saturated heterocycles. The van der Waals surface area contributed by atoms with Crippen molar-refractivity contribution >= 4 is 29.0 Å². The first-order chi connectivity index (χ1) is 11.6. The topological polar surface area (TPSA) is 59.8 Å². The SMILES string of the molecule is CC(C)CCNC(=O)CSc1nnc(Cc2cccs2)n1C1CC1. The Bertz CT molecular complexity index is 662. The summed E-state index contributed by atoms with van der Waals surface area (Å²) in [5.74, 6) is 2.10. The lowest BCUT2D eigenvalue weighted by Crippen LogP contribution is -2.27. The Morgan fingerprint density at radius 1 is 1.46 bits per heavy atom. The first-order valence-corrected chi connectivity index (χ1v) is 10.4. The summed E-state index contributed by atoms with van der Waals surface area (Å²) in [5, 5.41) is 14.7. The molecule has 2 aromatic heterocycles. The van der Waals surface area contributed by atoms with Gasteiger partial charge in [0.25, 0.3) is 0 Å². The van der Waals surface area contributed by atoms with E-state index in [0.29, 0.717) is 17.7 Å². The number of amides is 1. The van der Waals surface area contributed by atoms with Gasteiger partial charge in [-0.3, -0.25) is 4.79 Å². The highest BCUT2D eigenvalue weighted by Crippen LogP contribution is 2.39. The van der Waals surface area contributed by atoms with E-state index in [4.69, 9.17) is 0 Å². The molecule has 1 fully saturated rings. The van der Waals surface area contributed by atoms with Crippen molar-refractivity contribution in [1.82, 2.24) is 20.1 Å². The van der Waals surface area contributed by atoms with Gasteiger partial charge in [0.05, 0.1) is 5.75 Å². The molecule has 3 rings (SSSR count). The maximum absolute atomic E-state index is 12.0. The van der Waals surface area contributed by atoms with Crippen LogP contribution in [-0.2, 0) is 11.2 Å². The number of nitrogens with zero attached hydrogens (tertiary/aromatic N) is 3. The lowest BCUT2D eigenvalue weighted by Gasteiger charge is -2.09. The molecule has 0 radical (unpaired) electrons. The molecule has 1 N–H and O–H groups in total. The molecule has 0 atom stereocenters. The van der Waals surface area contributed by atoms with Crippen molar-refractivity contribution in [1.29, 1.82) is 0 Å². The fraction of sp³-hybridized carbons (Fsp3) is 0.588. The number of hydrogen-bond acceptors (Lipinski definition) is 5. The van der Waals surface area contributed by atoms with Crippen LogP contribution in [0.25, 0.3) is 0 Å². The van der Waals surface area contributed by atoms with E-state index in [-0.39, 0.29) is 5.91 Å². The second-order valence-corrected chi connectivity index (χ2v) is 8.55. The average Bonchev–Trinajstić information content (AvgIpc) is 3.09. The fourth-order valence-electron chi connectivity index (χ4n) is 2.48. The number of rotatable bonds is 9. The van der Waals surface area contributed by atoms with Crippen molar-refractivity contribution < 1.29 is 4.79 Å². The van der Waals surface area contributed by atoms with E-state index in [2.05, 4.69) is 51.4 Å². The molecule has 0 unspecified atom stereocenters. The molecule has 2 heterocycles. The van der Waals surface area contributed by atoms with E-state index in [1.54, 1.807) is 11.3 Å². The molecule has 5 nitrogen and oxygen atoms in total. The van der Waals surface area contributed by atoms with Crippen LogP contribution in [0.3, 0.4) is 0 Å². The van der Waals surface area contributed by atoms with Gasteiger partial charge in [-0.2, -0.15) is 0 Å². The number of aromatic nitrogens is 3. The second kappa shape index (κ2) is 8.16. The highest BCUT2D eigenvalue weighted by Gasteiger charge is 2.29. The van der Waals surface area contributed by atoms with E-state index >= 15 is 0 Å². The van der Waals surface area contributed by atoms with Gasteiger partial charge in [-0.15, -0.1) is 21.5 Å². The van der Waals surface area contributed by atoms with Gasteiger partial charge in [0.2, 0.25) is 5.91 Å². The smallest absolute Gasteiger partial charge is 0.230 e. The largest absolute Gasteiger partial charge is 0.355 e. The first kappa shape index (κ1) is 17.5. The number of thioether (sulfide) groups is 1.